The Balaban J connectivity index is 2.88. The minimum Gasteiger partial charge on any atom is -0.504 e. The summed E-state index contributed by atoms with van der Waals surface area (Å²) in [5.74, 6) is 0.371. The van der Waals surface area contributed by atoms with Crippen molar-refractivity contribution in [1.82, 2.24) is 0 Å². The quantitative estimate of drug-likeness (QED) is 0.704. The van der Waals surface area contributed by atoms with E-state index in [1.165, 1.54) is 12.1 Å². The van der Waals surface area contributed by atoms with E-state index in [1.54, 1.807) is 0 Å². The van der Waals surface area contributed by atoms with Crippen LogP contribution in [0.5, 0.6) is 17.2 Å². The second-order valence-corrected chi connectivity index (χ2v) is 2.95. The molecular weight excluding hydrogens is 168 g/mol. The monoisotopic (exact) mass is 182 g/mol. The Kier molecular flexibility index (Phi) is 3.01. The van der Waals surface area contributed by atoms with Gasteiger partial charge in [-0.3, -0.25) is 0 Å². The zero-order valence-corrected chi connectivity index (χ0v) is 7.87. The maximum absolute atomic E-state index is 9.19. The Morgan fingerprint density at radius 1 is 1.23 bits per heavy atom. The molecule has 1 rings (SSSR count). The van der Waals surface area contributed by atoms with Crippen molar-refractivity contribution in [3.8, 4) is 17.2 Å². The second kappa shape index (κ2) is 4.03. The van der Waals surface area contributed by atoms with Gasteiger partial charge in [-0.25, -0.2) is 0 Å². The van der Waals surface area contributed by atoms with Gasteiger partial charge >= 0.3 is 0 Å². The molecule has 0 spiro atoms. The molecule has 0 saturated carbocycles. The molecule has 2 N–H and O–H groups in total. The summed E-state index contributed by atoms with van der Waals surface area (Å²) in [6.07, 6.45) is 0.918. The van der Waals surface area contributed by atoms with Crippen LogP contribution in [0.1, 0.15) is 18.9 Å². The van der Waals surface area contributed by atoms with Crippen molar-refractivity contribution >= 4 is 0 Å². The predicted molar refractivity (Wildman–Crippen MR) is 50.3 cm³/mol. The zero-order valence-electron chi connectivity index (χ0n) is 7.87. The summed E-state index contributed by atoms with van der Waals surface area (Å²) < 4.78 is 5.35. The number of benzene rings is 1. The maximum atomic E-state index is 9.19. The van der Waals surface area contributed by atoms with Gasteiger partial charge in [0, 0.05) is 6.07 Å². The van der Waals surface area contributed by atoms with Gasteiger partial charge in [0.2, 0.25) is 0 Å². The first-order chi connectivity index (χ1) is 6.15. The first-order valence-electron chi connectivity index (χ1n) is 4.30. The number of ether oxygens (including phenoxy) is 1. The van der Waals surface area contributed by atoms with Crippen LogP contribution in [0.3, 0.4) is 0 Å². The molecule has 0 aromatic heterocycles. The lowest BCUT2D eigenvalue weighted by Crippen LogP contribution is -1.96. The fraction of sp³-hybridized carbons (Fsp3) is 0.400. The van der Waals surface area contributed by atoms with Crippen molar-refractivity contribution in [2.75, 3.05) is 6.61 Å². The zero-order chi connectivity index (χ0) is 9.84. The fourth-order valence-corrected chi connectivity index (χ4v) is 1.03. The third-order valence-electron chi connectivity index (χ3n) is 1.73. The third kappa shape index (κ3) is 2.28. The molecular formula is C10H14O3. The van der Waals surface area contributed by atoms with Gasteiger partial charge in [-0.15, -0.1) is 0 Å². The molecule has 0 heterocycles. The average molecular weight is 182 g/mol. The van der Waals surface area contributed by atoms with E-state index in [1.807, 2.05) is 13.8 Å². The van der Waals surface area contributed by atoms with Crippen LogP contribution in [0.25, 0.3) is 0 Å². The smallest absolute Gasteiger partial charge is 0.161 e. The lowest BCUT2D eigenvalue weighted by molar-refractivity contribution is 0.311. The van der Waals surface area contributed by atoms with E-state index in [0.717, 1.165) is 12.0 Å². The summed E-state index contributed by atoms with van der Waals surface area (Å²) in [6, 6.07) is 2.92. The number of hydrogen-bond donors (Lipinski definition) is 2. The Hall–Kier alpha value is -1.38. The SMILES string of the molecule is CCCOc1cc(O)c(O)cc1C. The summed E-state index contributed by atoms with van der Waals surface area (Å²) in [6.45, 7) is 4.45. The second-order valence-electron chi connectivity index (χ2n) is 2.95. The highest BCUT2D eigenvalue weighted by Crippen LogP contribution is 2.32. The molecule has 3 nitrogen and oxygen atoms in total. The number of aromatic hydroxyl groups is 2. The van der Waals surface area contributed by atoms with Crippen LogP contribution in [0, 0.1) is 6.92 Å². The molecule has 13 heavy (non-hydrogen) atoms. The molecule has 72 valence electrons. The fourth-order valence-electron chi connectivity index (χ4n) is 1.03. The van der Waals surface area contributed by atoms with Gasteiger partial charge in [0.05, 0.1) is 6.61 Å². The standard InChI is InChI=1S/C10H14O3/c1-3-4-13-10-6-9(12)8(11)5-7(10)2/h5-6,11-12H,3-4H2,1-2H3. The van der Waals surface area contributed by atoms with Gasteiger partial charge in [-0.1, -0.05) is 6.92 Å². The van der Waals surface area contributed by atoms with Gasteiger partial charge in [0.15, 0.2) is 11.5 Å². The number of aryl methyl sites for hydroxylation is 1. The highest BCUT2D eigenvalue weighted by atomic mass is 16.5. The number of phenols is 2. The largest absolute Gasteiger partial charge is 0.504 e. The van der Waals surface area contributed by atoms with Crippen LogP contribution in [0.15, 0.2) is 12.1 Å². The average Bonchev–Trinajstić information content (AvgIpc) is 2.09. The molecule has 0 unspecified atom stereocenters. The van der Waals surface area contributed by atoms with Crippen LogP contribution in [-0.2, 0) is 0 Å². The lowest BCUT2D eigenvalue weighted by atomic mass is 10.2. The van der Waals surface area contributed by atoms with Gasteiger partial charge in [-0.2, -0.15) is 0 Å². The van der Waals surface area contributed by atoms with Gasteiger partial charge < -0.3 is 14.9 Å². The Morgan fingerprint density at radius 3 is 2.46 bits per heavy atom. The molecule has 1 aromatic carbocycles. The van der Waals surface area contributed by atoms with Gasteiger partial charge in [0.25, 0.3) is 0 Å². The highest BCUT2D eigenvalue weighted by Gasteiger charge is 2.05. The molecule has 0 aliphatic carbocycles. The minimum absolute atomic E-state index is 0.110. The van der Waals surface area contributed by atoms with Crippen molar-refractivity contribution in [2.24, 2.45) is 0 Å². The summed E-state index contributed by atoms with van der Waals surface area (Å²) in [5, 5.41) is 18.3. The molecule has 0 aliphatic heterocycles. The van der Waals surface area contributed by atoms with Gasteiger partial charge in [0.1, 0.15) is 5.75 Å². The molecule has 0 saturated heterocycles. The van der Waals surface area contributed by atoms with Crippen molar-refractivity contribution in [3.05, 3.63) is 17.7 Å². The summed E-state index contributed by atoms with van der Waals surface area (Å²) in [5.41, 5.74) is 0.823. The number of hydrogen-bond acceptors (Lipinski definition) is 3. The molecule has 0 aliphatic rings. The van der Waals surface area contributed by atoms with E-state index in [9.17, 15) is 5.11 Å². The Labute approximate surface area is 77.6 Å². The molecule has 3 heteroatoms. The highest BCUT2D eigenvalue weighted by molar-refractivity contribution is 5.48. The van der Waals surface area contributed by atoms with E-state index in [0.29, 0.717) is 12.4 Å². The van der Waals surface area contributed by atoms with Crippen LogP contribution in [0.2, 0.25) is 0 Å². The molecule has 0 atom stereocenters. The molecule has 0 fully saturated rings. The Bertz CT molecular complexity index is 294. The van der Waals surface area contributed by atoms with Crippen LogP contribution in [0.4, 0.5) is 0 Å². The first-order valence-corrected chi connectivity index (χ1v) is 4.30. The molecule has 0 amide bonds. The van der Waals surface area contributed by atoms with Crippen molar-refractivity contribution in [3.63, 3.8) is 0 Å². The maximum Gasteiger partial charge on any atom is 0.161 e. The molecule has 0 bridgehead atoms. The van der Waals surface area contributed by atoms with E-state index >= 15 is 0 Å². The van der Waals surface area contributed by atoms with Crippen molar-refractivity contribution in [2.45, 2.75) is 20.3 Å². The van der Waals surface area contributed by atoms with E-state index in [2.05, 4.69) is 0 Å². The first kappa shape index (κ1) is 9.71. The van der Waals surface area contributed by atoms with Crippen LogP contribution >= 0.6 is 0 Å². The van der Waals surface area contributed by atoms with Crippen LogP contribution in [-0.4, -0.2) is 16.8 Å². The summed E-state index contributed by atoms with van der Waals surface area (Å²) >= 11 is 0. The van der Waals surface area contributed by atoms with Crippen LogP contribution < -0.4 is 4.74 Å². The van der Waals surface area contributed by atoms with Crippen molar-refractivity contribution < 1.29 is 14.9 Å². The van der Waals surface area contributed by atoms with E-state index in [4.69, 9.17) is 9.84 Å². The molecule has 0 radical (unpaired) electrons. The van der Waals surface area contributed by atoms with E-state index < -0.39 is 0 Å². The Morgan fingerprint density at radius 2 is 1.85 bits per heavy atom. The van der Waals surface area contributed by atoms with Gasteiger partial charge in [-0.05, 0) is 25.0 Å². The number of phenolic OH excluding ortho intramolecular Hbond substituents is 2. The van der Waals surface area contributed by atoms with E-state index in [-0.39, 0.29) is 11.5 Å². The predicted octanol–water partition coefficient (Wildman–Crippen LogP) is 2.20. The lowest BCUT2D eigenvalue weighted by Gasteiger charge is -2.09. The normalized spacial score (nSPS) is 10.0. The minimum atomic E-state index is -0.142. The van der Waals surface area contributed by atoms with Crippen molar-refractivity contribution in [1.29, 1.82) is 0 Å². The topological polar surface area (TPSA) is 49.7 Å². The summed E-state index contributed by atoms with van der Waals surface area (Å²) in [7, 11) is 0. The molecule has 1 aromatic rings. The summed E-state index contributed by atoms with van der Waals surface area (Å²) in [4.78, 5) is 0. The third-order valence-corrected chi connectivity index (χ3v) is 1.73. The number of rotatable bonds is 3.